The minimum atomic E-state index is -0.682. The Balaban J connectivity index is 1.59. The minimum Gasteiger partial charge on any atom is -0.323 e. The lowest BCUT2D eigenvalue weighted by molar-refractivity contribution is -0.132. The highest BCUT2D eigenvalue weighted by atomic mass is 32.1. The number of hydrogen-bond acceptors (Lipinski definition) is 4. The quantitative estimate of drug-likeness (QED) is 0.834. The standard InChI is InChI=1S/C16H17N3O2S/c20-14-16(5-7-17-8-6-16)18-15(21)19(14)10-12-9-11-3-1-2-4-13(11)22-12/h1-4,9,17H,5-8,10H2,(H,18,21). The molecule has 5 nitrogen and oxygen atoms in total. The number of carbonyl (C=O) groups is 2. The van der Waals surface area contributed by atoms with Crippen LogP contribution in [-0.2, 0) is 11.3 Å². The number of piperidine rings is 1. The molecule has 0 bridgehead atoms. The maximum atomic E-state index is 12.7. The van der Waals surface area contributed by atoms with Crippen LogP contribution in [0.3, 0.4) is 0 Å². The van der Waals surface area contributed by atoms with Crippen molar-refractivity contribution in [2.24, 2.45) is 0 Å². The summed E-state index contributed by atoms with van der Waals surface area (Å²) in [6, 6.07) is 9.91. The average molecular weight is 315 g/mol. The minimum absolute atomic E-state index is 0.0727. The van der Waals surface area contributed by atoms with Gasteiger partial charge in [0.2, 0.25) is 0 Å². The molecule has 0 radical (unpaired) electrons. The van der Waals surface area contributed by atoms with Crippen molar-refractivity contribution in [3.63, 3.8) is 0 Å². The molecule has 3 heterocycles. The summed E-state index contributed by atoms with van der Waals surface area (Å²) in [5.41, 5.74) is -0.682. The summed E-state index contributed by atoms with van der Waals surface area (Å²) in [5.74, 6) is -0.0727. The van der Waals surface area contributed by atoms with E-state index >= 15 is 0 Å². The van der Waals surface area contributed by atoms with Crippen LogP contribution < -0.4 is 10.6 Å². The Hall–Kier alpha value is -1.92. The zero-order valence-corrected chi connectivity index (χ0v) is 12.9. The van der Waals surface area contributed by atoms with Gasteiger partial charge in [-0.2, -0.15) is 0 Å². The van der Waals surface area contributed by atoms with Crippen molar-refractivity contribution in [1.82, 2.24) is 15.5 Å². The third-order valence-corrected chi connectivity index (χ3v) is 5.59. The number of carbonyl (C=O) groups excluding carboxylic acids is 2. The highest BCUT2D eigenvalue weighted by Crippen LogP contribution is 2.31. The van der Waals surface area contributed by atoms with E-state index in [2.05, 4.69) is 28.8 Å². The number of rotatable bonds is 2. The van der Waals surface area contributed by atoms with Gasteiger partial charge in [0.1, 0.15) is 5.54 Å². The zero-order valence-electron chi connectivity index (χ0n) is 12.1. The Labute approximate surface area is 132 Å². The van der Waals surface area contributed by atoms with E-state index in [1.807, 2.05) is 12.1 Å². The maximum Gasteiger partial charge on any atom is 0.325 e. The molecule has 3 amide bonds. The largest absolute Gasteiger partial charge is 0.325 e. The number of nitrogens with zero attached hydrogens (tertiary/aromatic N) is 1. The number of thiophene rings is 1. The molecule has 1 spiro atoms. The van der Waals surface area contributed by atoms with E-state index in [0.717, 1.165) is 23.4 Å². The van der Waals surface area contributed by atoms with E-state index < -0.39 is 5.54 Å². The van der Waals surface area contributed by atoms with Crippen LogP contribution in [0.4, 0.5) is 4.79 Å². The highest BCUT2D eigenvalue weighted by Gasteiger charge is 2.51. The molecule has 2 saturated heterocycles. The fraction of sp³-hybridized carbons (Fsp3) is 0.375. The molecule has 0 atom stereocenters. The van der Waals surface area contributed by atoms with Crippen LogP contribution in [0.25, 0.3) is 10.1 Å². The number of nitrogens with one attached hydrogen (secondary N) is 2. The second-order valence-electron chi connectivity index (χ2n) is 5.90. The first-order valence-electron chi connectivity index (χ1n) is 7.50. The normalized spacial score (nSPS) is 20.8. The maximum absolute atomic E-state index is 12.7. The van der Waals surface area contributed by atoms with Gasteiger partial charge < -0.3 is 10.6 Å². The predicted octanol–water partition coefficient (Wildman–Crippen LogP) is 2.08. The first-order chi connectivity index (χ1) is 10.7. The first-order valence-corrected chi connectivity index (χ1v) is 8.32. The summed E-state index contributed by atoms with van der Waals surface area (Å²) in [4.78, 5) is 27.4. The molecule has 2 aliphatic heterocycles. The molecule has 2 N–H and O–H groups in total. The van der Waals surface area contributed by atoms with Crippen molar-refractivity contribution < 1.29 is 9.59 Å². The van der Waals surface area contributed by atoms with Gasteiger partial charge in [-0.3, -0.25) is 9.69 Å². The van der Waals surface area contributed by atoms with Crippen molar-refractivity contribution >= 4 is 33.4 Å². The molecule has 6 heteroatoms. The third kappa shape index (κ3) is 2.10. The van der Waals surface area contributed by atoms with E-state index in [1.165, 1.54) is 9.60 Å². The summed E-state index contributed by atoms with van der Waals surface area (Å²) in [5, 5.41) is 7.32. The fourth-order valence-corrected chi connectivity index (χ4v) is 4.34. The smallest absolute Gasteiger partial charge is 0.323 e. The Morgan fingerprint density at radius 2 is 1.95 bits per heavy atom. The monoisotopic (exact) mass is 315 g/mol. The van der Waals surface area contributed by atoms with Crippen LogP contribution in [0.5, 0.6) is 0 Å². The Kier molecular flexibility index (Phi) is 3.16. The van der Waals surface area contributed by atoms with E-state index in [0.29, 0.717) is 19.4 Å². The molecular formula is C16H17N3O2S. The van der Waals surface area contributed by atoms with Crippen LogP contribution in [0.2, 0.25) is 0 Å². The topological polar surface area (TPSA) is 61.4 Å². The van der Waals surface area contributed by atoms with Gasteiger partial charge in [-0.1, -0.05) is 18.2 Å². The van der Waals surface area contributed by atoms with Gasteiger partial charge in [-0.05, 0) is 43.5 Å². The number of fused-ring (bicyclic) bond motifs is 1. The van der Waals surface area contributed by atoms with Crippen LogP contribution in [0, 0.1) is 0 Å². The van der Waals surface area contributed by atoms with E-state index in [4.69, 9.17) is 0 Å². The zero-order chi connectivity index (χ0) is 15.2. The second-order valence-corrected chi connectivity index (χ2v) is 7.07. The van der Waals surface area contributed by atoms with E-state index in [1.54, 1.807) is 11.3 Å². The molecular weight excluding hydrogens is 298 g/mol. The van der Waals surface area contributed by atoms with Crippen molar-refractivity contribution in [3.8, 4) is 0 Å². The van der Waals surface area contributed by atoms with Gasteiger partial charge in [0.25, 0.3) is 5.91 Å². The van der Waals surface area contributed by atoms with Gasteiger partial charge in [-0.15, -0.1) is 11.3 Å². The molecule has 2 aromatic rings. The first kappa shape index (κ1) is 13.7. The van der Waals surface area contributed by atoms with Crippen molar-refractivity contribution in [1.29, 1.82) is 0 Å². The Morgan fingerprint density at radius 3 is 2.73 bits per heavy atom. The molecule has 22 heavy (non-hydrogen) atoms. The second kappa shape index (κ2) is 5.07. The molecule has 1 aromatic carbocycles. The average Bonchev–Trinajstić information content (AvgIpc) is 3.03. The molecule has 0 aliphatic carbocycles. The molecule has 4 rings (SSSR count). The lowest BCUT2D eigenvalue weighted by Gasteiger charge is -2.31. The molecule has 1 aromatic heterocycles. The van der Waals surface area contributed by atoms with Crippen LogP contribution in [0.1, 0.15) is 17.7 Å². The van der Waals surface area contributed by atoms with Crippen molar-refractivity contribution in [3.05, 3.63) is 35.2 Å². The lowest BCUT2D eigenvalue weighted by Crippen LogP contribution is -2.53. The van der Waals surface area contributed by atoms with E-state index in [-0.39, 0.29) is 11.9 Å². The fourth-order valence-electron chi connectivity index (χ4n) is 3.28. The number of hydrogen-bond donors (Lipinski definition) is 2. The highest BCUT2D eigenvalue weighted by molar-refractivity contribution is 7.19. The van der Waals surface area contributed by atoms with Gasteiger partial charge in [-0.25, -0.2) is 4.79 Å². The molecule has 2 fully saturated rings. The lowest BCUT2D eigenvalue weighted by atomic mass is 9.88. The number of urea groups is 1. The SMILES string of the molecule is O=C1NC2(CCNCC2)C(=O)N1Cc1cc2ccccc2s1. The van der Waals surface area contributed by atoms with Gasteiger partial charge >= 0.3 is 6.03 Å². The van der Waals surface area contributed by atoms with Crippen molar-refractivity contribution in [2.75, 3.05) is 13.1 Å². The molecule has 114 valence electrons. The predicted molar refractivity (Wildman–Crippen MR) is 85.7 cm³/mol. The summed E-state index contributed by atoms with van der Waals surface area (Å²) in [6.45, 7) is 1.89. The van der Waals surface area contributed by atoms with Gasteiger partial charge in [0, 0.05) is 9.58 Å². The third-order valence-electron chi connectivity index (χ3n) is 4.49. The molecule has 0 saturated carbocycles. The van der Waals surface area contributed by atoms with Crippen LogP contribution >= 0.6 is 11.3 Å². The van der Waals surface area contributed by atoms with Gasteiger partial charge in [0.15, 0.2) is 0 Å². The van der Waals surface area contributed by atoms with E-state index in [9.17, 15) is 9.59 Å². The van der Waals surface area contributed by atoms with Crippen LogP contribution in [-0.4, -0.2) is 35.5 Å². The Bertz CT molecular complexity index is 716. The summed E-state index contributed by atoms with van der Waals surface area (Å²) >= 11 is 1.64. The van der Waals surface area contributed by atoms with Crippen molar-refractivity contribution in [2.45, 2.75) is 24.9 Å². The van der Waals surface area contributed by atoms with Gasteiger partial charge in [0.05, 0.1) is 6.54 Å². The molecule has 0 unspecified atom stereocenters. The molecule has 2 aliphatic rings. The summed E-state index contributed by atoms with van der Waals surface area (Å²) < 4.78 is 1.18. The number of imide groups is 1. The van der Waals surface area contributed by atoms with Crippen LogP contribution in [0.15, 0.2) is 30.3 Å². The number of benzene rings is 1. The summed E-state index contributed by atoms with van der Waals surface area (Å²) in [6.07, 6.45) is 1.33. The summed E-state index contributed by atoms with van der Waals surface area (Å²) in [7, 11) is 0. The Morgan fingerprint density at radius 1 is 1.18 bits per heavy atom. The number of amides is 3.